The number of nitrogens with one attached hydrogen (secondary N) is 2. The molecule has 2 N–H and O–H groups in total. The number of guanidine groups is 1. The Balaban J connectivity index is 0.00000272. The van der Waals surface area contributed by atoms with Crippen LogP contribution in [0.4, 0.5) is 5.13 Å². The Bertz CT molecular complexity index is 965. The van der Waals surface area contributed by atoms with Crippen LogP contribution in [0.15, 0.2) is 35.6 Å². The molecule has 1 aromatic carbocycles. The van der Waals surface area contributed by atoms with Gasteiger partial charge in [-0.2, -0.15) is 9.47 Å². The van der Waals surface area contributed by atoms with E-state index in [-0.39, 0.29) is 24.0 Å². The third-order valence-corrected chi connectivity index (χ3v) is 5.80. The zero-order chi connectivity index (χ0) is 20.8. The fourth-order valence-corrected chi connectivity index (χ4v) is 4.18. The van der Waals surface area contributed by atoms with Crippen molar-refractivity contribution in [2.45, 2.75) is 26.8 Å². The third-order valence-electron chi connectivity index (χ3n) is 4.99. The number of anilines is 1. The van der Waals surface area contributed by atoms with Gasteiger partial charge < -0.3 is 15.1 Å². The lowest BCUT2D eigenvalue weighted by atomic mass is 10.1. The predicted octanol–water partition coefficient (Wildman–Crippen LogP) is 2.79. The quantitative estimate of drug-likeness (QED) is 0.275. The van der Waals surface area contributed by atoms with Crippen LogP contribution in [0, 0.1) is 0 Å². The molecule has 0 bridgehead atoms. The van der Waals surface area contributed by atoms with E-state index in [1.165, 1.54) is 17.9 Å². The fourth-order valence-electron chi connectivity index (χ4n) is 3.38. The van der Waals surface area contributed by atoms with Gasteiger partial charge in [-0.3, -0.25) is 5.10 Å². The summed E-state index contributed by atoms with van der Waals surface area (Å²) >= 11 is 1.50. The average molecular weight is 553 g/mol. The third kappa shape index (κ3) is 5.91. The zero-order valence-electron chi connectivity index (χ0n) is 17.8. The van der Waals surface area contributed by atoms with Gasteiger partial charge in [0.25, 0.3) is 0 Å². The molecular weight excluding hydrogens is 525 g/mol. The van der Waals surface area contributed by atoms with Crippen molar-refractivity contribution >= 4 is 46.6 Å². The number of aromatic nitrogens is 5. The van der Waals surface area contributed by atoms with E-state index in [4.69, 9.17) is 4.99 Å². The van der Waals surface area contributed by atoms with Gasteiger partial charge in [0.05, 0.1) is 6.54 Å². The summed E-state index contributed by atoms with van der Waals surface area (Å²) < 4.78 is 4.41. The van der Waals surface area contributed by atoms with E-state index in [0.717, 1.165) is 73.0 Å². The maximum absolute atomic E-state index is 4.89. The maximum Gasteiger partial charge on any atom is 0.205 e. The van der Waals surface area contributed by atoms with Crippen molar-refractivity contribution in [2.75, 3.05) is 37.6 Å². The van der Waals surface area contributed by atoms with Crippen molar-refractivity contribution in [3.63, 3.8) is 0 Å². The van der Waals surface area contributed by atoms with E-state index >= 15 is 0 Å². The van der Waals surface area contributed by atoms with Crippen molar-refractivity contribution < 1.29 is 0 Å². The van der Waals surface area contributed by atoms with Crippen LogP contribution >= 0.6 is 35.5 Å². The molecule has 1 saturated heterocycles. The minimum atomic E-state index is 0. The highest BCUT2D eigenvalue weighted by Crippen LogP contribution is 2.20. The van der Waals surface area contributed by atoms with Crippen LogP contribution in [0.2, 0.25) is 0 Å². The van der Waals surface area contributed by atoms with E-state index in [0.29, 0.717) is 6.54 Å². The summed E-state index contributed by atoms with van der Waals surface area (Å²) in [4.78, 5) is 18.4. The van der Waals surface area contributed by atoms with E-state index in [9.17, 15) is 0 Å². The summed E-state index contributed by atoms with van der Waals surface area (Å²) in [6, 6.07) is 8.24. The number of rotatable bonds is 6. The number of benzene rings is 1. The Hall–Kier alpha value is -2.28. The highest BCUT2D eigenvalue weighted by molar-refractivity contribution is 14.0. The Morgan fingerprint density at radius 3 is 2.74 bits per heavy atom. The summed E-state index contributed by atoms with van der Waals surface area (Å²) in [7, 11) is 0. The van der Waals surface area contributed by atoms with E-state index in [1.807, 2.05) is 12.1 Å². The van der Waals surface area contributed by atoms with Gasteiger partial charge in [0, 0.05) is 56.2 Å². The highest BCUT2D eigenvalue weighted by atomic mass is 127. The lowest BCUT2D eigenvalue weighted by molar-refractivity contribution is 0.372. The Labute approximate surface area is 203 Å². The van der Waals surface area contributed by atoms with Gasteiger partial charge in [-0.1, -0.05) is 25.1 Å². The van der Waals surface area contributed by atoms with E-state index in [2.05, 4.69) is 65.6 Å². The molecule has 11 heteroatoms. The maximum atomic E-state index is 4.89. The van der Waals surface area contributed by atoms with Gasteiger partial charge in [-0.05, 0) is 18.6 Å². The van der Waals surface area contributed by atoms with Gasteiger partial charge in [0.15, 0.2) is 11.8 Å². The summed E-state index contributed by atoms with van der Waals surface area (Å²) in [5.74, 6) is 2.65. The molecule has 3 heterocycles. The topological polar surface area (TPSA) is 98.2 Å². The first kappa shape index (κ1) is 23.4. The molecule has 0 aliphatic carbocycles. The molecule has 0 saturated carbocycles. The van der Waals surface area contributed by atoms with E-state index < -0.39 is 0 Å². The normalized spacial score (nSPS) is 14.5. The van der Waals surface area contributed by atoms with Crippen LogP contribution in [0.1, 0.15) is 25.2 Å². The fraction of sp³-hybridized carbons (Fsp3) is 0.450. The Kier molecular flexibility index (Phi) is 8.58. The molecule has 0 spiro atoms. The van der Waals surface area contributed by atoms with Crippen molar-refractivity contribution in [1.29, 1.82) is 0 Å². The van der Waals surface area contributed by atoms with Crippen molar-refractivity contribution in [3.05, 3.63) is 42.0 Å². The van der Waals surface area contributed by atoms with Gasteiger partial charge >= 0.3 is 0 Å². The minimum absolute atomic E-state index is 0. The number of piperazine rings is 1. The highest BCUT2D eigenvalue weighted by Gasteiger charge is 2.22. The first-order valence-corrected chi connectivity index (χ1v) is 11.1. The molecular formula is C20H28IN9S. The number of aliphatic imine (C=N–C) groups is 1. The van der Waals surface area contributed by atoms with Crippen molar-refractivity contribution in [1.82, 2.24) is 34.8 Å². The molecule has 1 aliphatic heterocycles. The van der Waals surface area contributed by atoms with Crippen LogP contribution in [-0.2, 0) is 13.0 Å². The molecule has 0 atom stereocenters. The molecule has 4 rings (SSSR count). The molecule has 0 radical (unpaired) electrons. The molecule has 0 amide bonds. The molecule has 31 heavy (non-hydrogen) atoms. The van der Waals surface area contributed by atoms with Crippen LogP contribution in [-0.4, -0.2) is 68.1 Å². The van der Waals surface area contributed by atoms with Gasteiger partial charge in [0.2, 0.25) is 5.13 Å². The lowest BCUT2D eigenvalue weighted by Gasteiger charge is -2.36. The van der Waals surface area contributed by atoms with Gasteiger partial charge in [0.1, 0.15) is 12.2 Å². The number of nitrogens with zero attached hydrogens (tertiary/aromatic N) is 7. The number of hydrogen-bond donors (Lipinski definition) is 2. The summed E-state index contributed by atoms with van der Waals surface area (Å²) in [5.41, 5.74) is 2.15. The summed E-state index contributed by atoms with van der Waals surface area (Å²) in [6.45, 7) is 9.30. The number of aromatic amines is 1. The second kappa shape index (κ2) is 11.4. The Morgan fingerprint density at radius 1 is 1.23 bits per heavy atom. The predicted molar refractivity (Wildman–Crippen MR) is 135 cm³/mol. The largest absolute Gasteiger partial charge is 0.357 e. The number of hydrogen-bond acceptors (Lipinski definition) is 7. The summed E-state index contributed by atoms with van der Waals surface area (Å²) in [6.07, 6.45) is 2.40. The molecule has 2 aromatic heterocycles. The summed E-state index contributed by atoms with van der Waals surface area (Å²) in [5, 5.41) is 11.3. The molecule has 1 aliphatic rings. The number of H-pyrrole nitrogens is 1. The lowest BCUT2D eigenvalue weighted by Crippen LogP contribution is -2.52. The molecule has 0 unspecified atom stereocenters. The minimum Gasteiger partial charge on any atom is -0.357 e. The van der Waals surface area contributed by atoms with Crippen LogP contribution < -0.4 is 10.2 Å². The monoisotopic (exact) mass is 553 g/mol. The van der Waals surface area contributed by atoms with Gasteiger partial charge in [-0.15, -0.1) is 24.0 Å². The average Bonchev–Trinajstić information content (AvgIpc) is 3.49. The number of halogens is 1. The smallest absolute Gasteiger partial charge is 0.205 e. The first-order valence-electron chi connectivity index (χ1n) is 10.3. The molecule has 166 valence electrons. The SMILES string of the molecule is CCNC(=NCc1cccc(-c2ncn[nH]2)c1)N1CCN(c2nc(CC)ns2)CC1.I. The standard InChI is InChI=1S/C20H27N9S.HI/c1-3-17-25-20(30-27-17)29-10-8-28(9-11-29)19(21-4-2)22-13-15-6-5-7-16(12-15)18-23-14-24-26-18;/h5-7,12,14H,3-4,8-11,13H2,1-2H3,(H,21,22)(H,23,24,26);1H. The molecule has 1 fully saturated rings. The van der Waals surface area contributed by atoms with Crippen LogP contribution in [0.25, 0.3) is 11.4 Å². The van der Waals surface area contributed by atoms with Crippen LogP contribution in [0.5, 0.6) is 0 Å². The second-order valence-corrected chi connectivity index (χ2v) is 7.76. The zero-order valence-corrected chi connectivity index (χ0v) is 20.9. The van der Waals surface area contributed by atoms with Crippen LogP contribution in [0.3, 0.4) is 0 Å². The second-order valence-electron chi connectivity index (χ2n) is 7.03. The molecule has 3 aromatic rings. The Morgan fingerprint density at radius 2 is 2.06 bits per heavy atom. The van der Waals surface area contributed by atoms with Gasteiger partial charge in [-0.25, -0.2) is 15.0 Å². The molecule has 9 nitrogen and oxygen atoms in total. The van der Waals surface area contributed by atoms with Crippen molar-refractivity contribution in [3.8, 4) is 11.4 Å². The first-order chi connectivity index (χ1) is 14.8. The van der Waals surface area contributed by atoms with Crippen molar-refractivity contribution in [2.24, 2.45) is 4.99 Å². The van der Waals surface area contributed by atoms with E-state index in [1.54, 1.807) is 0 Å². The number of aryl methyl sites for hydroxylation is 1.